The molecule has 0 aliphatic carbocycles. The molecule has 1 heterocycles. The van der Waals surface area contributed by atoms with Gasteiger partial charge in [0.05, 0.1) is 17.2 Å². The maximum absolute atomic E-state index is 12.0. The summed E-state index contributed by atoms with van der Waals surface area (Å²) in [5.74, 6) is 0. The lowest BCUT2D eigenvalue weighted by molar-refractivity contribution is -0.385. The summed E-state index contributed by atoms with van der Waals surface area (Å²) in [5, 5.41) is 16.2. The molecule has 1 fully saturated rings. The second-order valence-electron chi connectivity index (χ2n) is 5.81. The van der Waals surface area contributed by atoms with Crippen LogP contribution in [0, 0.1) is 10.1 Å². The molecule has 1 aliphatic rings. The van der Waals surface area contributed by atoms with Crippen LogP contribution in [0.5, 0.6) is 0 Å². The highest BCUT2D eigenvalue weighted by Gasteiger charge is 2.27. The Kier molecular flexibility index (Phi) is 5.28. The van der Waals surface area contributed by atoms with E-state index in [0.717, 1.165) is 16.1 Å². The van der Waals surface area contributed by atoms with E-state index in [1.807, 2.05) is 29.2 Å². The van der Waals surface area contributed by atoms with Gasteiger partial charge in [-0.2, -0.15) is 0 Å². The van der Waals surface area contributed by atoms with Crippen LogP contribution in [0.1, 0.15) is 11.7 Å². The standard InChI is InChI=1S/C16H16BrN3O5S/c17-12-3-1-11(2-4-12)15-10-19(7-8-25-15)14-6-5-13(20(21)22)9-16(14)26(18,23)24/h1-6,9,15H,7-8,10H2,(H2,18,23,24). The molecule has 2 N–H and O–H groups in total. The Hall–Kier alpha value is -2.01. The number of non-ortho nitro benzene ring substituents is 1. The fraction of sp³-hybridized carbons (Fsp3) is 0.250. The third-order valence-corrected chi connectivity index (χ3v) is 5.58. The number of primary sulfonamides is 1. The number of ether oxygens (including phenoxy) is 1. The summed E-state index contributed by atoms with van der Waals surface area (Å²) in [4.78, 5) is 11.9. The van der Waals surface area contributed by atoms with Crippen molar-refractivity contribution in [1.29, 1.82) is 0 Å². The average Bonchev–Trinajstić information content (AvgIpc) is 2.61. The molecule has 10 heteroatoms. The average molecular weight is 442 g/mol. The number of nitrogens with zero attached hydrogens (tertiary/aromatic N) is 2. The Balaban J connectivity index is 1.95. The van der Waals surface area contributed by atoms with Crippen LogP contribution in [0.4, 0.5) is 11.4 Å². The molecule has 0 aromatic heterocycles. The molecule has 26 heavy (non-hydrogen) atoms. The zero-order valence-electron chi connectivity index (χ0n) is 13.5. The summed E-state index contributed by atoms with van der Waals surface area (Å²) < 4.78 is 30.6. The van der Waals surface area contributed by atoms with Crippen LogP contribution >= 0.6 is 15.9 Å². The Morgan fingerprint density at radius 3 is 2.54 bits per heavy atom. The van der Waals surface area contributed by atoms with Gasteiger partial charge in [0.15, 0.2) is 0 Å². The summed E-state index contributed by atoms with van der Waals surface area (Å²) in [6.07, 6.45) is -0.250. The summed E-state index contributed by atoms with van der Waals surface area (Å²) in [7, 11) is -4.12. The van der Waals surface area contributed by atoms with E-state index in [2.05, 4.69) is 15.9 Å². The van der Waals surface area contributed by atoms with Crippen LogP contribution in [-0.4, -0.2) is 33.0 Å². The van der Waals surface area contributed by atoms with Crippen LogP contribution in [0.15, 0.2) is 51.8 Å². The molecule has 138 valence electrons. The van der Waals surface area contributed by atoms with Crippen LogP contribution < -0.4 is 10.0 Å². The zero-order chi connectivity index (χ0) is 18.9. The topological polar surface area (TPSA) is 116 Å². The van der Waals surface area contributed by atoms with E-state index in [0.29, 0.717) is 25.4 Å². The van der Waals surface area contributed by atoms with Crippen LogP contribution in [0.3, 0.4) is 0 Å². The van der Waals surface area contributed by atoms with E-state index in [1.54, 1.807) is 0 Å². The number of rotatable bonds is 4. The molecule has 1 atom stereocenters. The summed E-state index contributed by atoms with van der Waals surface area (Å²) in [6, 6.07) is 11.3. The molecule has 2 aromatic rings. The van der Waals surface area contributed by atoms with E-state index < -0.39 is 14.9 Å². The van der Waals surface area contributed by atoms with Crippen molar-refractivity contribution in [1.82, 2.24) is 0 Å². The van der Waals surface area contributed by atoms with Gasteiger partial charge in [-0.25, -0.2) is 13.6 Å². The van der Waals surface area contributed by atoms with Crippen molar-refractivity contribution < 1.29 is 18.1 Å². The smallest absolute Gasteiger partial charge is 0.270 e. The normalized spacial score (nSPS) is 17.9. The lowest BCUT2D eigenvalue weighted by atomic mass is 10.1. The van der Waals surface area contributed by atoms with E-state index in [1.165, 1.54) is 12.1 Å². The molecule has 1 saturated heterocycles. The van der Waals surface area contributed by atoms with Crippen molar-refractivity contribution >= 4 is 37.3 Å². The van der Waals surface area contributed by atoms with Crippen LogP contribution in [-0.2, 0) is 14.8 Å². The van der Waals surface area contributed by atoms with Crippen molar-refractivity contribution in [3.8, 4) is 0 Å². The number of sulfonamides is 1. The fourth-order valence-electron chi connectivity index (χ4n) is 2.85. The van der Waals surface area contributed by atoms with Gasteiger partial charge in [-0.3, -0.25) is 10.1 Å². The Morgan fingerprint density at radius 1 is 1.23 bits per heavy atom. The SMILES string of the molecule is NS(=O)(=O)c1cc([N+](=O)[O-])ccc1N1CCOC(c2ccc(Br)cc2)C1. The highest BCUT2D eigenvalue weighted by Crippen LogP contribution is 2.32. The molecule has 2 aromatic carbocycles. The van der Waals surface area contributed by atoms with Gasteiger partial charge < -0.3 is 9.64 Å². The first-order chi connectivity index (χ1) is 12.3. The maximum atomic E-state index is 12.0. The highest BCUT2D eigenvalue weighted by molar-refractivity contribution is 9.10. The molecule has 0 radical (unpaired) electrons. The third-order valence-electron chi connectivity index (χ3n) is 4.11. The predicted octanol–water partition coefficient (Wildman–Crippen LogP) is 2.58. The number of anilines is 1. The molecule has 0 amide bonds. The molecule has 0 bridgehead atoms. The second-order valence-corrected chi connectivity index (χ2v) is 8.26. The van der Waals surface area contributed by atoms with Gasteiger partial charge in [0.2, 0.25) is 10.0 Å². The van der Waals surface area contributed by atoms with E-state index >= 15 is 0 Å². The van der Waals surface area contributed by atoms with Gasteiger partial charge >= 0.3 is 0 Å². The van der Waals surface area contributed by atoms with Crippen molar-refractivity contribution in [3.05, 3.63) is 62.6 Å². The number of nitrogens with two attached hydrogens (primary N) is 1. The molecule has 1 unspecified atom stereocenters. The minimum absolute atomic E-state index is 0.250. The number of hydrogen-bond donors (Lipinski definition) is 1. The number of morpholine rings is 1. The van der Waals surface area contributed by atoms with E-state index in [-0.39, 0.29) is 16.7 Å². The van der Waals surface area contributed by atoms with Crippen LogP contribution in [0.2, 0.25) is 0 Å². The zero-order valence-corrected chi connectivity index (χ0v) is 15.9. The first kappa shape index (κ1) is 18.8. The number of halogens is 1. The lowest BCUT2D eigenvalue weighted by Gasteiger charge is -2.35. The fourth-order valence-corrected chi connectivity index (χ4v) is 3.89. The van der Waals surface area contributed by atoms with Crippen LogP contribution in [0.25, 0.3) is 0 Å². The highest BCUT2D eigenvalue weighted by atomic mass is 79.9. The van der Waals surface area contributed by atoms with Gasteiger partial charge in [0.25, 0.3) is 5.69 Å². The van der Waals surface area contributed by atoms with E-state index in [9.17, 15) is 18.5 Å². The third kappa shape index (κ3) is 4.04. The number of benzene rings is 2. The summed E-state index contributed by atoms with van der Waals surface area (Å²) in [5.41, 5.74) is 0.968. The molecule has 0 saturated carbocycles. The number of nitro benzene ring substituents is 1. The first-order valence-corrected chi connectivity index (χ1v) is 10.0. The molecular weight excluding hydrogens is 426 g/mol. The molecule has 3 rings (SSSR count). The number of hydrogen-bond acceptors (Lipinski definition) is 6. The van der Waals surface area contributed by atoms with E-state index in [4.69, 9.17) is 9.88 Å². The first-order valence-electron chi connectivity index (χ1n) is 7.69. The Bertz CT molecular complexity index is 933. The minimum atomic E-state index is -4.12. The Labute approximate surface area is 158 Å². The number of nitro groups is 1. The van der Waals surface area contributed by atoms with Gasteiger partial charge in [-0.15, -0.1) is 0 Å². The van der Waals surface area contributed by atoms with Gasteiger partial charge in [0, 0.05) is 29.7 Å². The summed E-state index contributed by atoms with van der Waals surface area (Å²) in [6.45, 7) is 1.25. The summed E-state index contributed by atoms with van der Waals surface area (Å²) >= 11 is 3.38. The van der Waals surface area contributed by atoms with Gasteiger partial charge in [-0.05, 0) is 23.8 Å². The lowest BCUT2D eigenvalue weighted by Crippen LogP contribution is -2.39. The molecule has 8 nitrogen and oxygen atoms in total. The molecule has 0 spiro atoms. The Morgan fingerprint density at radius 2 is 1.92 bits per heavy atom. The van der Waals surface area contributed by atoms with Gasteiger partial charge in [0.1, 0.15) is 11.0 Å². The maximum Gasteiger partial charge on any atom is 0.270 e. The monoisotopic (exact) mass is 441 g/mol. The minimum Gasteiger partial charge on any atom is -0.370 e. The quantitative estimate of drug-likeness (QED) is 0.575. The largest absolute Gasteiger partial charge is 0.370 e. The van der Waals surface area contributed by atoms with Crippen molar-refractivity contribution in [2.75, 3.05) is 24.6 Å². The van der Waals surface area contributed by atoms with Crippen molar-refractivity contribution in [3.63, 3.8) is 0 Å². The van der Waals surface area contributed by atoms with Gasteiger partial charge in [-0.1, -0.05) is 28.1 Å². The predicted molar refractivity (Wildman–Crippen MR) is 99.5 cm³/mol. The molecule has 1 aliphatic heterocycles. The second kappa shape index (κ2) is 7.31. The van der Waals surface area contributed by atoms with Crippen molar-refractivity contribution in [2.45, 2.75) is 11.0 Å². The molecular formula is C16H16BrN3O5S. The van der Waals surface area contributed by atoms with Crippen molar-refractivity contribution in [2.24, 2.45) is 5.14 Å².